The van der Waals surface area contributed by atoms with Gasteiger partial charge in [0.1, 0.15) is 0 Å². The summed E-state index contributed by atoms with van der Waals surface area (Å²) in [5.74, 6) is -1.63. The molecule has 0 aliphatic carbocycles. The number of rotatable bonds is 5. The van der Waals surface area contributed by atoms with Gasteiger partial charge < -0.3 is 9.67 Å². The average molecular weight is 451 g/mol. The highest BCUT2D eigenvalue weighted by atomic mass is 35.5. The topological polar surface area (TPSA) is 118 Å². The van der Waals surface area contributed by atoms with E-state index in [1.807, 2.05) is 0 Å². The minimum atomic E-state index is -1.21. The molecule has 3 aromatic rings. The maximum absolute atomic E-state index is 13.1. The molecule has 0 spiro atoms. The number of hydrogen-bond donors (Lipinski definition) is 1. The van der Waals surface area contributed by atoms with Crippen LogP contribution in [0.1, 0.15) is 23.0 Å². The minimum Gasteiger partial charge on any atom is -0.478 e. The van der Waals surface area contributed by atoms with Crippen LogP contribution in [0.5, 0.6) is 0 Å². The van der Waals surface area contributed by atoms with Crippen LogP contribution in [-0.4, -0.2) is 32.2 Å². The van der Waals surface area contributed by atoms with Crippen molar-refractivity contribution in [3.8, 4) is 5.69 Å². The number of carbonyl (C=O) groups excluding carboxylic acids is 1. The third-order valence-corrected chi connectivity index (χ3v) is 5.23. The molecule has 0 radical (unpaired) electrons. The Balaban J connectivity index is 1.67. The zero-order chi connectivity index (χ0) is 23.0. The number of amides is 1. The zero-order valence-electron chi connectivity index (χ0n) is 16.6. The Morgan fingerprint density at radius 2 is 1.84 bits per heavy atom. The molecule has 0 bridgehead atoms. The fraction of sp³-hybridized carbons (Fsp3) is 0.0455. The molecule has 1 N–H and O–H groups in total. The Kier molecular flexibility index (Phi) is 5.33. The van der Waals surface area contributed by atoms with E-state index >= 15 is 0 Å². The number of benzene rings is 2. The molecule has 9 nitrogen and oxygen atoms in total. The molecule has 32 heavy (non-hydrogen) atoms. The van der Waals surface area contributed by atoms with E-state index in [0.29, 0.717) is 22.7 Å². The Labute approximate surface area is 186 Å². The van der Waals surface area contributed by atoms with Crippen LogP contribution in [-0.2, 0) is 4.79 Å². The summed E-state index contributed by atoms with van der Waals surface area (Å²) in [6.07, 6.45) is 3.44. The SMILES string of the molecule is CC1=NN(c2ccc(Cl)c(C(=O)O)c2)C(=O)/C1=C\c1cccn1-c1ccc([N+](=O)[O-])cc1. The van der Waals surface area contributed by atoms with Crippen LogP contribution < -0.4 is 5.01 Å². The van der Waals surface area contributed by atoms with Gasteiger partial charge in [-0.05, 0) is 55.5 Å². The van der Waals surface area contributed by atoms with E-state index in [9.17, 15) is 24.8 Å². The monoisotopic (exact) mass is 450 g/mol. The molecular formula is C22H15ClN4O5. The molecule has 0 saturated carbocycles. The number of carbonyl (C=O) groups is 2. The Bertz CT molecular complexity index is 1320. The van der Waals surface area contributed by atoms with E-state index in [-0.39, 0.29) is 22.0 Å². The molecule has 0 unspecified atom stereocenters. The summed E-state index contributed by atoms with van der Waals surface area (Å²) in [6, 6.07) is 13.8. The first kappa shape index (κ1) is 21.0. The standard InChI is InChI=1S/C22H15ClN4O5/c1-13-18(21(28)26(24-13)17-8-9-20(23)19(12-17)22(29)30)11-16-3-2-10-25(16)14-4-6-15(7-5-14)27(31)32/h2-12H,1H3,(H,29,30)/b18-11-. The van der Waals surface area contributed by atoms with E-state index in [2.05, 4.69) is 5.10 Å². The Morgan fingerprint density at radius 3 is 2.50 bits per heavy atom. The predicted octanol–water partition coefficient (Wildman–Crippen LogP) is 4.54. The average Bonchev–Trinajstić information content (AvgIpc) is 3.34. The molecule has 2 heterocycles. The number of halogens is 1. The van der Waals surface area contributed by atoms with Crippen LogP contribution >= 0.6 is 11.6 Å². The van der Waals surface area contributed by atoms with Crippen molar-refractivity contribution in [3.05, 3.63) is 92.8 Å². The third-order valence-electron chi connectivity index (χ3n) is 4.90. The summed E-state index contributed by atoms with van der Waals surface area (Å²) in [6.45, 7) is 1.68. The first-order valence-corrected chi connectivity index (χ1v) is 9.71. The maximum atomic E-state index is 13.1. The predicted molar refractivity (Wildman–Crippen MR) is 119 cm³/mol. The lowest BCUT2D eigenvalue weighted by Gasteiger charge is -2.13. The number of carboxylic acid groups (broad SMARTS) is 1. The van der Waals surface area contributed by atoms with Crippen molar-refractivity contribution in [2.75, 3.05) is 5.01 Å². The lowest BCUT2D eigenvalue weighted by Crippen LogP contribution is -2.21. The van der Waals surface area contributed by atoms with E-state index in [4.69, 9.17) is 11.6 Å². The zero-order valence-corrected chi connectivity index (χ0v) is 17.4. The lowest BCUT2D eigenvalue weighted by atomic mass is 10.1. The third kappa shape index (κ3) is 3.77. The van der Waals surface area contributed by atoms with Crippen molar-refractivity contribution >= 4 is 46.6 Å². The smallest absolute Gasteiger partial charge is 0.337 e. The molecule has 10 heteroatoms. The quantitative estimate of drug-likeness (QED) is 0.347. The van der Waals surface area contributed by atoms with E-state index in [0.717, 1.165) is 5.01 Å². The van der Waals surface area contributed by atoms with Gasteiger partial charge in [0, 0.05) is 29.7 Å². The maximum Gasteiger partial charge on any atom is 0.337 e. The number of nitro benzene ring substituents is 1. The molecule has 2 aromatic carbocycles. The van der Waals surface area contributed by atoms with Crippen molar-refractivity contribution in [3.63, 3.8) is 0 Å². The normalized spacial score (nSPS) is 14.7. The highest BCUT2D eigenvalue weighted by Crippen LogP contribution is 2.29. The number of nitro groups is 1. The summed E-state index contributed by atoms with van der Waals surface area (Å²) in [4.78, 5) is 34.8. The minimum absolute atomic E-state index is 0.0194. The van der Waals surface area contributed by atoms with Gasteiger partial charge in [-0.15, -0.1) is 0 Å². The fourth-order valence-electron chi connectivity index (χ4n) is 3.30. The van der Waals surface area contributed by atoms with Gasteiger partial charge in [-0.25, -0.2) is 4.79 Å². The summed E-state index contributed by atoms with van der Waals surface area (Å²) in [7, 11) is 0. The molecule has 0 saturated heterocycles. The van der Waals surface area contributed by atoms with Gasteiger partial charge in [0.15, 0.2) is 0 Å². The molecular weight excluding hydrogens is 436 g/mol. The number of anilines is 1. The summed E-state index contributed by atoms with van der Waals surface area (Å²) in [5, 5.41) is 25.6. The molecule has 1 amide bonds. The van der Waals surface area contributed by atoms with Crippen LogP contribution in [0.25, 0.3) is 11.8 Å². The number of aromatic nitrogens is 1. The van der Waals surface area contributed by atoms with E-state index in [1.54, 1.807) is 48.0 Å². The Hall–Kier alpha value is -4.24. The molecule has 1 aromatic heterocycles. The summed E-state index contributed by atoms with van der Waals surface area (Å²) < 4.78 is 1.78. The largest absolute Gasteiger partial charge is 0.478 e. The first-order chi connectivity index (χ1) is 15.3. The van der Waals surface area contributed by atoms with Gasteiger partial charge in [0.05, 0.1) is 32.5 Å². The highest BCUT2D eigenvalue weighted by Gasteiger charge is 2.30. The number of carboxylic acids is 1. The molecule has 160 valence electrons. The molecule has 1 aliphatic rings. The molecule has 0 atom stereocenters. The van der Waals surface area contributed by atoms with Gasteiger partial charge in [-0.2, -0.15) is 10.1 Å². The highest BCUT2D eigenvalue weighted by molar-refractivity contribution is 6.34. The van der Waals surface area contributed by atoms with Gasteiger partial charge in [-0.1, -0.05) is 11.6 Å². The second-order valence-electron chi connectivity index (χ2n) is 6.91. The van der Waals surface area contributed by atoms with Gasteiger partial charge in [0.25, 0.3) is 11.6 Å². The van der Waals surface area contributed by atoms with Crippen molar-refractivity contribution in [1.82, 2.24) is 4.57 Å². The second kappa shape index (κ2) is 8.12. The summed E-state index contributed by atoms with van der Waals surface area (Å²) >= 11 is 5.92. The van der Waals surface area contributed by atoms with Crippen LogP contribution in [0.15, 0.2) is 71.5 Å². The van der Waals surface area contributed by atoms with Crippen molar-refractivity contribution in [2.24, 2.45) is 5.10 Å². The van der Waals surface area contributed by atoms with Crippen LogP contribution in [0.3, 0.4) is 0 Å². The van der Waals surface area contributed by atoms with Gasteiger partial charge >= 0.3 is 5.97 Å². The fourth-order valence-corrected chi connectivity index (χ4v) is 3.50. The van der Waals surface area contributed by atoms with E-state index < -0.39 is 16.8 Å². The van der Waals surface area contributed by atoms with Gasteiger partial charge in [0.2, 0.25) is 0 Å². The van der Waals surface area contributed by atoms with Crippen molar-refractivity contribution in [2.45, 2.75) is 6.92 Å². The van der Waals surface area contributed by atoms with Crippen LogP contribution in [0, 0.1) is 10.1 Å². The molecule has 1 aliphatic heterocycles. The number of non-ortho nitro benzene ring substituents is 1. The summed E-state index contributed by atoms with van der Waals surface area (Å²) in [5.41, 5.74) is 2.28. The number of nitrogens with zero attached hydrogens (tertiary/aromatic N) is 4. The van der Waals surface area contributed by atoms with Crippen LogP contribution in [0.4, 0.5) is 11.4 Å². The second-order valence-corrected chi connectivity index (χ2v) is 7.31. The van der Waals surface area contributed by atoms with Crippen molar-refractivity contribution in [1.29, 1.82) is 0 Å². The number of aromatic carboxylic acids is 1. The first-order valence-electron chi connectivity index (χ1n) is 9.33. The Morgan fingerprint density at radius 1 is 1.16 bits per heavy atom. The van der Waals surface area contributed by atoms with Crippen molar-refractivity contribution < 1.29 is 19.6 Å². The molecule has 4 rings (SSSR count). The number of hydrazone groups is 1. The van der Waals surface area contributed by atoms with Gasteiger partial charge in [-0.3, -0.25) is 14.9 Å². The molecule has 0 fully saturated rings. The van der Waals surface area contributed by atoms with E-state index in [1.165, 1.54) is 30.3 Å². The lowest BCUT2D eigenvalue weighted by molar-refractivity contribution is -0.384. The van der Waals surface area contributed by atoms with Crippen LogP contribution in [0.2, 0.25) is 5.02 Å². The number of hydrogen-bond acceptors (Lipinski definition) is 5.